The quantitative estimate of drug-likeness (QED) is 0.759. The molecule has 88 valence electrons. The van der Waals surface area contributed by atoms with Gasteiger partial charge in [-0.25, -0.2) is 8.42 Å². The minimum Gasteiger partial charge on any atom is -0.369 e. The topological polar surface area (TPSA) is 80.5 Å². The summed E-state index contributed by atoms with van der Waals surface area (Å²) in [5.74, 6) is -0.772. The van der Waals surface area contributed by atoms with Gasteiger partial charge in [-0.05, 0) is 19.8 Å². The first-order chi connectivity index (χ1) is 6.88. The number of nitrogens with zero attached hydrogens (tertiary/aromatic N) is 1. The van der Waals surface area contributed by atoms with Crippen molar-refractivity contribution in [2.24, 2.45) is 11.7 Å². The first kappa shape index (κ1) is 12.9. The van der Waals surface area contributed by atoms with E-state index in [-0.39, 0.29) is 23.2 Å². The molecule has 15 heavy (non-hydrogen) atoms. The van der Waals surface area contributed by atoms with E-state index >= 15 is 0 Å². The van der Waals surface area contributed by atoms with E-state index in [0.29, 0.717) is 12.8 Å². The highest BCUT2D eigenvalue weighted by Gasteiger charge is 2.35. The van der Waals surface area contributed by atoms with Crippen molar-refractivity contribution < 1.29 is 13.2 Å². The average molecular weight is 299 g/mol. The number of halogens is 1. The summed E-state index contributed by atoms with van der Waals surface area (Å²) < 4.78 is 24.6. The summed E-state index contributed by atoms with van der Waals surface area (Å²) in [4.78, 5) is 11.0. The van der Waals surface area contributed by atoms with Crippen LogP contribution in [0.1, 0.15) is 19.8 Å². The van der Waals surface area contributed by atoms with Crippen molar-refractivity contribution in [3.63, 3.8) is 0 Å². The molecule has 1 aliphatic rings. The lowest BCUT2D eigenvalue weighted by molar-refractivity contribution is -0.123. The molecule has 2 unspecified atom stereocenters. The maximum Gasteiger partial charge on any atom is 0.224 e. The summed E-state index contributed by atoms with van der Waals surface area (Å²) >= 11 is 2.95. The molecule has 1 heterocycles. The van der Waals surface area contributed by atoms with Gasteiger partial charge in [-0.1, -0.05) is 15.9 Å². The average Bonchev–Trinajstić information content (AvgIpc) is 2.17. The molecular weight excluding hydrogens is 284 g/mol. The number of amides is 1. The van der Waals surface area contributed by atoms with Gasteiger partial charge in [0.25, 0.3) is 0 Å². The van der Waals surface area contributed by atoms with Crippen molar-refractivity contribution in [3.8, 4) is 0 Å². The highest BCUT2D eigenvalue weighted by atomic mass is 79.9. The van der Waals surface area contributed by atoms with E-state index in [1.54, 1.807) is 0 Å². The van der Waals surface area contributed by atoms with E-state index in [1.807, 2.05) is 6.92 Å². The van der Waals surface area contributed by atoms with Crippen LogP contribution in [-0.2, 0) is 14.8 Å². The number of sulfonamides is 1. The SMILES string of the molecule is CC1CCC(C(N)=O)CN1S(=O)(=O)CBr. The third-order valence-corrected chi connectivity index (χ3v) is 5.96. The monoisotopic (exact) mass is 298 g/mol. The summed E-state index contributed by atoms with van der Waals surface area (Å²) in [6, 6.07) is -0.0526. The molecule has 1 saturated heterocycles. The van der Waals surface area contributed by atoms with Gasteiger partial charge in [-0.15, -0.1) is 0 Å². The molecule has 0 aromatic carbocycles. The van der Waals surface area contributed by atoms with Gasteiger partial charge in [0.15, 0.2) is 0 Å². The fraction of sp³-hybridized carbons (Fsp3) is 0.875. The van der Waals surface area contributed by atoms with Crippen LogP contribution in [0.5, 0.6) is 0 Å². The molecule has 0 saturated carbocycles. The van der Waals surface area contributed by atoms with Gasteiger partial charge in [-0.2, -0.15) is 4.31 Å². The zero-order valence-electron chi connectivity index (χ0n) is 8.52. The van der Waals surface area contributed by atoms with Gasteiger partial charge >= 0.3 is 0 Å². The van der Waals surface area contributed by atoms with E-state index in [0.717, 1.165) is 0 Å². The van der Waals surface area contributed by atoms with Crippen LogP contribution >= 0.6 is 15.9 Å². The third kappa shape index (κ3) is 2.92. The number of carbonyl (C=O) groups is 1. The first-order valence-corrected chi connectivity index (χ1v) is 7.46. The Morgan fingerprint density at radius 3 is 2.60 bits per heavy atom. The lowest BCUT2D eigenvalue weighted by atomic mass is 9.95. The molecule has 0 spiro atoms. The molecule has 7 heteroatoms. The highest BCUT2D eigenvalue weighted by molar-refractivity contribution is 9.10. The van der Waals surface area contributed by atoms with Crippen LogP contribution < -0.4 is 5.73 Å². The molecule has 0 aromatic rings. The van der Waals surface area contributed by atoms with Crippen LogP contribution in [0.3, 0.4) is 0 Å². The second-order valence-corrected chi connectivity index (χ2v) is 7.04. The van der Waals surface area contributed by atoms with Crippen LogP contribution in [0.15, 0.2) is 0 Å². The second kappa shape index (κ2) is 4.80. The largest absolute Gasteiger partial charge is 0.369 e. The minimum absolute atomic E-state index is 0.0526. The summed E-state index contributed by atoms with van der Waals surface area (Å²) in [5, 5.41) is 0. The van der Waals surface area contributed by atoms with Crippen molar-refractivity contribution in [2.45, 2.75) is 25.8 Å². The van der Waals surface area contributed by atoms with E-state index < -0.39 is 15.9 Å². The molecule has 1 aliphatic heterocycles. The van der Waals surface area contributed by atoms with Crippen LogP contribution in [0.2, 0.25) is 0 Å². The number of nitrogens with two attached hydrogens (primary N) is 1. The van der Waals surface area contributed by atoms with Gasteiger partial charge in [0, 0.05) is 12.6 Å². The number of carbonyl (C=O) groups excluding carboxylic acids is 1. The normalized spacial score (nSPS) is 28.9. The van der Waals surface area contributed by atoms with Crippen LogP contribution in [-0.4, -0.2) is 35.9 Å². The van der Waals surface area contributed by atoms with E-state index in [9.17, 15) is 13.2 Å². The predicted octanol–water partition coefficient (Wildman–Crippen LogP) is 0.254. The van der Waals surface area contributed by atoms with Crippen molar-refractivity contribution in [2.75, 3.05) is 11.2 Å². The third-order valence-electron chi connectivity index (χ3n) is 2.72. The number of primary amides is 1. The summed E-state index contributed by atoms with van der Waals surface area (Å²) in [6.07, 6.45) is 1.35. The molecule has 1 rings (SSSR count). The number of rotatable bonds is 3. The number of piperidine rings is 1. The van der Waals surface area contributed by atoms with Crippen LogP contribution in [0.25, 0.3) is 0 Å². The standard InChI is InChI=1S/C8H15BrN2O3S/c1-6-2-3-7(8(10)12)4-11(6)15(13,14)5-9/h6-7H,2-5H2,1H3,(H2,10,12). The summed E-state index contributed by atoms with van der Waals surface area (Å²) in [5.41, 5.74) is 5.19. The Bertz CT molecular complexity index is 344. The maximum atomic E-state index is 11.7. The Morgan fingerprint density at radius 2 is 2.13 bits per heavy atom. The first-order valence-electron chi connectivity index (χ1n) is 4.73. The van der Waals surface area contributed by atoms with Crippen LogP contribution in [0.4, 0.5) is 0 Å². The Hall–Kier alpha value is -0.140. The fourth-order valence-electron chi connectivity index (χ4n) is 1.76. The van der Waals surface area contributed by atoms with Crippen molar-refractivity contribution in [1.82, 2.24) is 4.31 Å². The molecule has 5 nitrogen and oxygen atoms in total. The lowest BCUT2D eigenvalue weighted by Gasteiger charge is -2.35. The van der Waals surface area contributed by atoms with Gasteiger partial charge in [-0.3, -0.25) is 4.79 Å². The zero-order chi connectivity index (χ0) is 11.6. The van der Waals surface area contributed by atoms with E-state index in [1.165, 1.54) is 4.31 Å². The van der Waals surface area contributed by atoms with Gasteiger partial charge in [0.1, 0.15) is 4.66 Å². The smallest absolute Gasteiger partial charge is 0.224 e. The van der Waals surface area contributed by atoms with Crippen molar-refractivity contribution >= 4 is 31.9 Å². The van der Waals surface area contributed by atoms with Crippen molar-refractivity contribution in [3.05, 3.63) is 0 Å². The van der Waals surface area contributed by atoms with Gasteiger partial charge in [0.05, 0.1) is 5.92 Å². The molecule has 0 aromatic heterocycles. The van der Waals surface area contributed by atoms with Crippen molar-refractivity contribution in [1.29, 1.82) is 0 Å². The maximum absolute atomic E-state index is 11.7. The van der Waals surface area contributed by atoms with Crippen LogP contribution in [0, 0.1) is 5.92 Å². The van der Waals surface area contributed by atoms with Gasteiger partial charge in [0.2, 0.25) is 15.9 Å². The molecular formula is C8H15BrN2O3S. The lowest BCUT2D eigenvalue weighted by Crippen LogP contribution is -2.48. The molecule has 2 atom stereocenters. The molecule has 1 amide bonds. The highest BCUT2D eigenvalue weighted by Crippen LogP contribution is 2.25. The van der Waals surface area contributed by atoms with E-state index in [2.05, 4.69) is 15.9 Å². The summed E-state index contributed by atoms with van der Waals surface area (Å²) in [7, 11) is -3.29. The Morgan fingerprint density at radius 1 is 1.53 bits per heavy atom. The predicted molar refractivity (Wildman–Crippen MR) is 60.8 cm³/mol. The summed E-state index contributed by atoms with van der Waals surface area (Å²) in [6.45, 7) is 2.06. The molecule has 0 bridgehead atoms. The minimum atomic E-state index is -3.29. The number of hydrogen-bond acceptors (Lipinski definition) is 3. The Labute approximate surface area is 98.2 Å². The molecule has 0 aliphatic carbocycles. The fourth-order valence-corrected chi connectivity index (χ4v) is 3.73. The number of alkyl halides is 1. The Kier molecular flexibility index (Phi) is 4.13. The van der Waals surface area contributed by atoms with E-state index in [4.69, 9.17) is 5.73 Å². The Balaban J connectivity index is 2.83. The molecule has 1 fully saturated rings. The number of hydrogen-bond donors (Lipinski definition) is 1. The zero-order valence-corrected chi connectivity index (χ0v) is 10.9. The van der Waals surface area contributed by atoms with Gasteiger partial charge < -0.3 is 5.73 Å². The molecule has 0 radical (unpaired) electrons. The molecule has 2 N–H and O–H groups in total. The second-order valence-electron chi connectivity index (χ2n) is 3.82.